The Hall–Kier alpha value is -1.97. The third-order valence-corrected chi connectivity index (χ3v) is 2.41. The van der Waals surface area contributed by atoms with Crippen molar-refractivity contribution in [2.75, 3.05) is 18.9 Å². The van der Waals surface area contributed by atoms with Gasteiger partial charge in [-0.25, -0.2) is 4.98 Å². The molecule has 0 aromatic carbocycles. The van der Waals surface area contributed by atoms with E-state index in [2.05, 4.69) is 15.0 Å². The molecule has 2 aromatic rings. The number of nitrogens with two attached hydrogens (primary N) is 2. The van der Waals surface area contributed by atoms with Gasteiger partial charge in [0.25, 0.3) is 5.56 Å². The molecule has 0 aliphatic rings. The Morgan fingerprint density at radius 2 is 2.39 bits per heavy atom. The van der Waals surface area contributed by atoms with E-state index in [4.69, 9.17) is 21.3 Å². The average Bonchev–Trinajstić information content (AvgIpc) is 2.74. The summed E-state index contributed by atoms with van der Waals surface area (Å²) < 4.78 is 6.84. The highest BCUT2D eigenvalue weighted by Gasteiger charge is 2.11. The molecule has 0 aliphatic heterocycles. The Bertz CT molecular complexity index is 587. The fourth-order valence-electron chi connectivity index (χ4n) is 1.45. The quantitative estimate of drug-likeness (QED) is 0.482. The average molecular weight is 254 g/mol. The van der Waals surface area contributed by atoms with Crippen molar-refractivity contribution in [1.82, 2.24) is 19.5 Å². The molecular weight excluding hydrogens is 240 g/mol. The van der Waals surface area contributed by atoms with Crippen LogP contribution in [-0.2, 0) is 11.5 Å². The maximum atomic E-state index is 11.5. The third-order valence-electron chi connectivity index (χ3n) is 2.41. The number of hydrogen-bond donors (Lipinski definition) is 4. The first-order chi connectivity index (χ1) is 8.65. The minimum Gasteiger partial charge on any atom is -0.394 e. The lowest BCUT2D eigenvalue weighted by Crippen LogP contribution is -2.28. The van der Waals surface area contributed by atoms with Crippen LogP contribution in [0.2, 0.25) is 0 Å². The molecule has 9 heteroatoms. The Morgan fingerprint density at radius 1 is 1.61 bits per heavy atom. The second-order valence-corrected chi connectivity index (χ2v) is 3.67. The van der Waals surface area contributed by atoms with Gasteiger partial charge < -0.3 is 21.3 Å². The summed E-state index contributed by atoms with van der Waals surface area (Å²) in [6.07, 6.45) is 0.943. The predicted molar refractivity (Wildman–Crippen MR) is 63.6 cm³/mol. The van der Waals surface area contributed by atoms with E-state index in [-0.39, 0.29) is 31.3 Å². The van der Waals surface area contributed by atoms with Crippen molar-refractivity contribution < 1.29 is 9.84 Å². The summed E-state index contributed by atoms with van der Waals surface area (Å²) in [4.78, 5) is 21.8. The van der Waals surface area contributed by atoms with Crippen LogP contribution in [0.1, 0.15) is 0 Å². The Labute approximate surface area is 101 Å². The molecule has 2 aromatic heterocycles. The molecule has 0 fully saturated rings. The summed E-state index contributed by atoms with van der Waals surface area (Å²) in [6.45, 7) is 0.0907. The van der Waals surface area contributed by atoms with Gasteiger partial charge in [0.2, 0.25) is 5.95 Å². The lowest BCUT2D eigenvalue weighted by Gasteiger charge is -2.13. The molecule has 2 rings (SSSR count). The van der Waals surface area contributed by atoms with Crippen molar-refractivity contribution in [3.05, 3.63) is 16.7 Å². The lowest BCUT2D eigenvalue weighted by molar-refractivity contribution is -0.0168. The summed E-state index contributed by atoms with van der Waals surface area (Å²) >= 11 is 0. The Balaban J connectivity index is 2.27. The van der Waals surface area contributed by atoms with Gasteiger partial charge >= 0.3 is 0 Å². The number of aliphatic hydroxyl groups is 1. The first-order valence-corrected chi connectivity index (χ1v) is 5.29. The number of nitrogens with zero attached hydrogens (tertiary/aromatic N) is 3. The maximum absolute atomic E-state index is 11.5. The first kappa shape index (κ1) is 12.5. The van der Waals surface area contributed by atoms with Crippen LogP contribution in [0.15, 0.2) is 11.1 Å². The molecule has 0 radical (unpaired) electrons. The highest BCUT2D eigenvalue weighted by Crippen LogP contribution is 2.07. The maximum Gasteiger partial charge on any atom is 0.280 e. The van der Waals surface area contributed by atoms with Gasteiger partial charge in [-0.05, 0) is 0 Å². The van der Waals surface area contributed by atoms with Crippen LogP contribution >= 0.6 is 0 Å². The second kappa shape index (κ2) is 5.12. The number of rotatable bonds is 5. The van der Waals surface area contributed by atoms with Crippen LogP contribution in [0.25, 0.3) is 11.2 Å². The normalized spacial score (nSPS) is 13.0. The first-order valence-electron chi connectivity index (χ1n) is 5.29. The number of nitrogens with one attached hydrogen (secondary N) is 1. The predicted octanol–water partition coefficient (Wildman–Crippen LogP) is -2.00. The Morgan fingerprint density at radius 3 is 3.06 bits per heavy atom. The zero-order valence-corrected chi connectivity index (χ0v) is 9.54. The van der Waals surface area contributed by atoms with Crippen molar-refractivity contribution >= 4 is 17.1 Å². The molecular formula is C9H14N6O3. The topological polar surface area (TPSA) is 145 Å². The molecule has 0 saturated carbocycles. The highest BCUT2D eigenvalue weighted by atomic mass is 16.5. The number of H-pyrrole nitrogens is 1. The number of imidazole rings is 1. The van der Waals surface area contributed by atoms with Gasteiger partial charge in [0.1, 0.15) is 6.73 Å². The Kier molecular flexibility index (Phi) is 3.55. The highest BCUT2D eigenvalue weighted by molar-refractivity contribution is 5.70. The fourth-order valence-corrected chi connectivity index (χ4v) is 1.45. The molecule has 0 aliphatic carbocycles. The van der Waals surface area contributed by atoms with Gasteiger partial charge in [-0.1, -0.05) is 0 Å². The monoisotopic (exact) mass is 254 g/mol. The number of hydrogen-bond acceptors (Lipinski definition) is 7. The summed E-state index contributed by atoms with van der Waals surface area (Å²) in [5.41, 5.74) is 10.9. The van der Waals surface area contributed by atoms with Gasteiger partial charge in [0, 0.05) is 6.54 Å². The van der Waals surface area contributed by atoms with Crippen LogP contribution in [0.3, 0.4) is 0 Å². The van der Waals surface area contributed by atoms with Crippen LogP contribution < -0.4 is 17.0 Å². The molecule has 6 N–H and O–H groups in total. The van der Waals surface area contributed by atoms with E-state index in [1.165, 1.54) is 10.9 Å². The number of aromatic nitrogens is 4. The minimum absolute atomic E-state index is 0.00628. The fraction of sp³-hybridized carbons (Fsp3) is 0.444. The number of nitrogen functional groups attached to an aromatic ring is 1. The van der Waals surface area contributed by atoms with Crippen LogP contribution in [0, 0.1) is 0 Å². The van der Waals surface area contributed by atoms with E-state index in [9.17, 15) is 4.79 Å². The minimum atomic E-state index is -0.471. The van der Waals surface area contributed by atoms with E-state index in [0.29, 0.717) is 5.65 Å². The molecule has 0 amide bonds. The van der Waals surface area contributed by atoms with Crippen molar-refractivity contribution in [3.63, 3.8) is 0 Å². The molecule has 18 heavy (non-hydrogen) atoms. The summed E-state index contributed by atoms with van der Waals surface area (Å²) in [6, 6.07) is 0. The molecule has 1 atom stereocenters. The third kappa shape index (κ3) is 2.32. The van der Waals surface area contributed by atoms with Gasteiger partial charge in [-0.3, -0.25) is 14.3 Å². The zero-order valence-electron chi connectivity index (χ0n) is 9.54. The smallest absolute Gasteiger partial charge is 0.280 e. The lowest BCUT2D eigenvalue weighted by atomic mass is 10.4. The number of aromatic amines is 1. The molecule has 0 saturated heterocycles. The van der Waals surface area contributed by atoms with E-state index < -0.39 is 11.7 Å². The van der Waals surface area contributed by atoms with E-state index in [1.54, 1.807) is 0 Å². The van der Waals surface area contributed by atoms with Gasteiger partial charge in [0.15, 0.2) is 11.2 Å². The van der Waals surface area contributed by atoms with Gasteiger partial charge in [-0.15, -0.1) is 0 Å². The standard InChI is InChI=1S/C9H14N6O3/c10-1-5(2-16)18-4-15-3-12-6-7(15)13-9(11)14-8(6)17/h3,5,16H,1-2,4,10H2,(H3,11,13,14,17)/t5-/m0/s1. The van der Waals surface area contributed by atoms with Crippen molar-refractivity contribution in [3.8, 4) is 0 Å². The number of fused-ring (bicyclic) bond motifs is 1. The summed E-state index contributed by atoms with van der Waals surface area (Å²) in [5.74, 6) is 0.00628. The largest absolute Gasteiger partial charge is 0.394 e. The molecule has 9 nitrogen and oxygen atoms in total. The van der Waals surface area contributed by atoms with Crippen molar-refractivity contribution in [1.29, 1.82) is 0 Å². The van der Waals surface area contributed by atoms with Crippen molar-refractivity contribution in [2.45, 2.75) is 12.8 Å². The SMILES string of the molecule is NC[C@@H](CO)OCn1cnc2c(=O)[nH]c(N)nc21. The molecule has 0 unspecified atom stereocenters. The van der Waals surface area contributed by atoms with Crippen LogP contribution in [0.5, 0.6) is 0 Å². The van der Waals surface area contributed by atoms with Crippen LogP contribution in [-0.4, -0.2) is 43.9 Å². The molecule has 98 valence electrons. The molecule has 0 bridgehead atoms. The van der Waals surface area contributed by atoms with Gasteiger partial charge in [0.05, 0.1) is 19.0 Å². The van der Waals surface area contributed by atoms with E-state index in [0.717, 1.165) is 0 Å². The summed E-state index contributed by atoms with van der Waals surface area (Å²) in [7, 11) is 0. The molecule has 2 heterocycles. The number of anilines is 1. The summed E-state index contributed by atoms with van der Waals surface area (Å²) in [5, 5.41) is 8.94. The van der Waals surface area contributed by atoms with E-state index >= 15 is 0 Å². The van der Waals surface area contributed by atoms with Gasteiger partial charge in [-0.2, -0.15) is 4.98 Å². The number of aliphatic hydroxyl groups excluding tert-OH is 1. The number of ether oxygens (including phenoxy) is 1. The van der Waals surface area contributed by atoms with Crippen LogP contribution in [0.4, 0.5) is 5.95 Å². The van der Waals surface area contributed by atoms with Crippen molar-refractivity contribution in [2.24, 2.45) is 5.73 Å². The second-order valence-electron chi connectivity index (χ2n) is 3.67. The molecule has 0 spiro atoms. The zero-order chi connectivity index (χ0) is 13.1. The van der Waals surface area contributed by atoms with E-state index in [1.807, 2.05) is 0 Å².